The number of aromatic nitrogens is 2. The molecule has 0 saturated carbocycles. The van der Waals surface area contributed by atoms with Crippen LogP contribution in [0.2, 0.25) is 5.02 Å². The van der Waals surface area contributed by atoms with E-state index in [2.05, 4.69) is 10.3 Å². The van der Waals surface area contributed by atoms with Gasteiger partial charge >= 0.3 is 6.18 Å². The summed E-state index contributed by atoms with van der Waals surface area (Å²) in [6, 6.07) is 11.7. The number of nitrogens with zero attached hydrogens (tertiary/aromatic N) is 2. The number of nitrogens with one attached hydrogen (secondary N) is 1. The highest BCUT2D eigenvalue weighted by Gasteiger charge is 2.30. The van der Waals surface area contributed by atoms with Gasteiger partial charge in [-0.2, -0.15) is 13.2 Å². The highest BCUT2D eigenvalue weighted by Crippen LogP contribution is 2.29. The fraction of sp³-hybridized carbons (Fsp3) is 0.200. The van der Waals surface area contributed by atoms with E-state index in [0.717, 1.165) is 12.1 Å². The standard InChI is InChI=1S/C20H17ClF3N3O/c1-12-13(2)26-19(27(18(12)28)17-8-6-16(21)7-9-17)25-11-14-4-3-5-15(10-14)20(22,23)24/h3-10H,11H2,1-2H3,(H,25,26). The van der Waals surface area contributed by atoms with Crippen molar-refractivity contribution in [2.24, 2.45) is 0 Å². The molecule has 0 fully saturated rings. The van der Waals surface area contributed by atoms with Gasteiger partial charge in [-0.1, -0.05) is 23.7 Å². The summed E-state index contributed by atoms with van der Waals surface area (Å²) in [6.07, 6.45) is -4.42. The van der Waals surface area contributed by atoms with Crippen LogP contribution in [-0.2, 0) is 12.7 Å². The van der Waals surface area contributed by atoms with Gasteiger partial charge in [0.15, 0.2) is 0 Å². The van der Waals surface area contributed by atoms with Gasteiger partial charge in [-0.05, 0) is 55.8 Å². The number of anilines is 1. The topological polar surface area (TPSA) is 46.9 Å². The molecule has 3 rings (SSSR count). The Labute approximate surface area is 164 Å². The highest BCUT2D eigenvalue weighted by molar-refractivity contribution is 6.30. The van der Waals surface area contributed by atoms with E-state index in [4.69, 9.17) is 11.6 Å². The van der Waals surface area contributed by atoms with Crippen molar-refractivity contribution in [2.45, 2.75) is 26.6 Å². The molecule has 0 spiro atoms. The highest BCUT2D eigenvalue weighted by atomic mass is 35.5. The molecule has 2 aromatic carbocycles. The van der Waals surface area contributed by atoms with E-state index in [1.54, 1.807) is 44.2 Å². The summed E-state index contributed by atoms with van der Waals surface area (Å²) < 4.78 is 40.1. The molecule has 1 aromatic heterocycles. The third-order valence-electron chi connectivity index (χ3n) is 4.34. The first-order valence-corrected chi connectivity index (χ1v) is 8.81. The van der Waals surface area contributed by atoms with Crippen LogP contribution in [0.1, 0.15) is 22.4 Å². The van der Waals surface area contributed by atoms with E-state index in [0.29, 0.717) is 27.5 Å². The van der Waals surface area contributed by atoms with E-state index >= 15 is 0 Å². The number of alkyl halides is 3. The molecule has 0 saturated heterocycles. The SMILES string of the molecule is Cc1nc(NCc2cccc(C(F)(F)F)c2)n(-c2ccc(Cl)cc2)c(=O)c1C. The quantitative estimate of drug-likeness (QED) is 0.652. The lowest BCUT2D eigenvalue weighted by atomic mass is 10.1. The maximum atomic E-state index is 12.9. The van der Waals surface area contributed by atoms with E-state index in [9.17, 15) is 18.0 Å². The summed E-state index contributed by atoms with van der Waals surface area (Å²) >= 11 is 5.92. The minimum absolute atomic E-state index is 0.0758. The van der Waals surface area contributed by atoms with Gasteiger partial charge in [-0.25, -0.2) is 9.55 Å². The summed E-state index contributed by atoms with van der Waals surface area (Å²) in [7, 11) is 0. The maximum Gasteiger partial charge on any atom is 0.416 e. The lowest BCUT2D eigenvalue weighted by molar-refractivity contribution is -0.137. The van der Waals surface area contributed by atoms with Crippen LogP contribution in [0.25, 0.3) is 5.69 Å². The normalized spacial score (nSPS) is 11.5. The molecular formula is C20H17ClF3N3O. The maximum absolute atomic E-state index is 12.9. The van der Waals surface area contributed by atoms with Crippen molar-refractivity contribution in [1.29, 1.82) is 0 Å². The third kappa shape index (κ3) is 4.20. The van der Waals surface area contributed by atoms with Gasteiger partial charge in [0.1, 0.15) is 0 Å². The van der Waals surface area contributed by atoms with E-state index in [1.165, 1.54) is 10.6 Å². The monoisotopic (exact) mass is 407 g/mol. The molecule has 1 heterocycles. The number of hydrogen-bond donors (Lipinski definition) is 1. The Morgan fingerprint density at radius 1 is 1.11 bits per heavy atom. The van der Waals surface area contributed by atoms with Crippen molar-refractivity contribution >= 4 is 17.5 Å². The molecule has 0 bridgehead atoms. The Morgan fingerprint density at radius 3 is 2.43 bits per heavy atom. The Morgan fingerprint density at radius 2 is 1.79 bits per heavy atom. The van der Waals surface area contributed by atoms with Gasteiger partial charge < -0.3 is 5.32 Å². The molecule has 8 heteroatoms. The molecule has 0 atom stereocenters. The van der Waals surface area contributed by atoms with Gasteiger partial charge in [-0.3, -0.25) is 4.79 Å². The van der Waals surface area contributed by atoms with Crippen molar-refractivity contribution < 1.29 is 13.2 Å². The van der Waals surface area contributed by atoms with Gasteiger partial charge in [0.2, 0.25) is 5.95 Å². The summed E-state index contributed by atoms with van der Waals surface area (Å²) in [4.78, 5) is 17.2. The zero-order chi connectivity index (χ0) is 20.5. The average molecular weight is 408 g/mol. The molecule has 146 valence electrons. The van der Waals surface area contributed by atoms with Crippen LogP contribution in [0.3, 0.4) is 0 Å². The molecule has 0 radical (unpaired) electrons. The number of benzene rings is 2. The van der Waals surface area contributed by atoms with Crippen LogP contribution in [-0.4, -0.2) is 9.55 Å². The van der Waals surface area contributed by atoms with E-state index in [-0.39, 0.29) is 18.1 Å². The molecule has 0 aliphatic rings. The van der Waals surface area contributed by atoms with Crippen LogP contribution >= 0.6 is 11.6 Å². The number of aryl methyl sites for hydroxylation is 1. The fourth-order valence-corrected chi connectivity index (χ4v) is 2.82. The van der Waals surface area contributed by atoms with E-state index in [1.807, 2.05) is 0 Å². The smallest absolute Gasteiger partial charge is 0.351 e. The molecule has 0 amide bonds. The number of hydrogen-bond acceptors (Lipinski definition) is 3. The summed E-state index contributed by atoms with van der Waals surface area (Å²) in [5, 5.41) is 3.50. The molecule has 1 N–H and O–H groups in total. The number of rotatable bonds is 4. The second-order valence-corrected chi connectivity index (χ2v) is 6.75. The molecule has 4 nitrogen and oxygen atoms in total. The van der Waals surface area contributed by atoms with Crippen LogP contribution in [0.15, 0.2) is 53.3 Å². The molecule has 28 heavy (non-hydrogen) atoms. The zero-order valence-electron chi connectivity index (χ0n) is 15.1. The average Bonchev–Trinajstić information content (AvgIpc) is 2.65. The molecular weight excluding hydrogens is 391 g/mol. The summed E-state index contributed by atoms with van der Waals surface area (Å²) in [5.41, 5.74) is 1.01. The first kappa shape index (κ1) is 19.9. The van der Waals surface area contributed by atoms with Crippen LogP contribution in [0, 0.1) is 13.8 Å². The third-order valence-corrected chi connectivity index (χ3v) is 4.59. The van der Waals surface area contributed by atoms with Crippen molar-refractivity contribution in [3.63, 3.8) is 0 Å². The Bertz CT molecular complexity index is 1060. The largest absolute Gasteiger partial charge is 0.416 e. The summed E-state index contributed by atoms with van der Waals surface area (Å²) in [6.45, 7) is 3.46. The minimum Gasteiger partial charge on any atom is -0.351 e. The number of halogens is 4. The predicted octanol–water partition coefficient (Wildman–Crippen LogP) is 5.13. The van der Waals surface area contributed by atoms with Gasteiger partial charge in [0.05, 0.1) is 11.3 Å². The van der Waals surface area contributed by atoms with E-state index < -0.39 is 11.7 Å². The van der Waals surface area contributed by atoms with Crippen LogP contribution in [0.4, 0.5) is 19.1 Å². The second-order valence-electron chi connectivity index (χ2n) is 6.31. The van der Waals surface area contributed by atoms with Gasteiger partial charge in [0.25, 0.3) is 5.56 Å². The lowest BCUT2D eigenvalue weighted by Gasteiger charge is -2.16. The second kappa shape index (κ2) is 7.67. The zero-order valence-corrected chi connectivity index (χ0v) is 15.9. The molecule has 0 aliphatic heterocycles. The summed E-state index contributed by atoms with van der Waals surface area (Å²) in [5.74, 6) is 0.243. The van der Waals surface area contributed by atoms with Gasteiger partial charge in [-0.15, -0.1) is 0 Å². The lowest BCUT2D eigenvalue weighted by Crippen LogP contribution is -2.26. The Hall–Kier alpha value is -2.80. The van der Waals surface area contributed by atoms with Crippen LogP contribution in [0.5, 0.6) is 0 Å². The minimum atomic E-state index is -4.42. The van der Waals surface area contributed by atoms with Crippen LogP contribution < -0.4 is 10.9 Å². The van der Waals surface area contributed by atoms with Crippen molar-refractivity contribution in [3.05, 3.63) is 86.3 Å². The predicted molar refractivity (Wildman–Crippen MR) is 103 cm³/mol. The van der Waals surface area contributed by atoms with Crippen molar-refractivity contribution in [1.82, 2.24) is 9.55 Å². The Balaban J connectivity index is 1.98. The Kier molecular flexibility index (Phi) is 5.47. The molecule has 3 aromatic rings. The van der Waals surface area contributed by atoms with Crippen molar-refractivity contribution in [3.8, 4) is 5.69 Å². The van der Waals surface area contributed by atoms with Gasteiger partial charge in [0, 0.05) is 22.8 Å². The molecule has 0 unspecified atom stereocenters. The van der Waals surface area contributed by atoms with Crippen molar-refractivity contribution in [2.75, 3.05) is 5.32 Å². The first-order chi connectivity index (χ1) is 13.2. The first-order valence-electron chi connectivity index (χ1n) is 8.43. The molecule has 0 aliphatic carbocycles. The fourth-order valence-electron chi connectivity index (χ4n) is 2.70.